The van der Waals surface area contributed by atoms with Crippen LogP contribution < -0.4 is 0 Å². The molecule has 0 bridgehead atoms. The Morgan fingerprint density at radius 1 is 0.267 bits per heavy atom. The van der Waals surface area contributed by atoms with E-state index in [0.717, 1.165) is 0 Å². The van der Waals surface area contributed by atoms with E-state index in [9.17, 15) is 0 Å². The standard InChI is InChI=1S/C58H34SSe/c1-2-15-35(16-3-1)54-40-18-4-6-20-42(40)55(43-21-7-5-19-41(43)54)36-30-32-52-49(33-36)58-48(26-14-28-53(58)60-52)57-46-24-10-8-22-44(46)56(45-23-9-11-25-47(45)57)37-29-31-39-38-17-12-13-27-50(38)59-51(39)34-37/h1-34H. The van der Waals surface area contributed by atoms with Crippen molar-refractivity contribution >= 4 is 108 Å². The van der Waals surface area contributed by atoms with Gasteiger partial charge in [-0.25, -0.2) is 0 Å². The number of rotatable bonds is 4. The summed E-state index contributed by atoms with van der Waals surface area (Å²) in [6, 6.07) is 77.4. The molecule has 60 heavy (non-hydrogen) atoms. The summed E-state index contributed by atoms with van der Waals surface area (Å²) in [5.41, 5.74) is 10.3. The van der Waals surface area contributed by atoms with Crippen LogP contribution in [-0.4, -0.2) is 14.5 Å². The van der Waals surface area contributed by atoms with Gasteiger partial charge in [-0.15, -0.1) is 0 Å². The van der Waals surface area contributed by atoms with Gasteiger partial charge in [0.15, 0.2) is 0 Å². The Hall–Kier alpha value is -6.80. The number of thiophene rings is 1. The van der Waals surface area contributed by atoms with E-state index >= 15 is 0 Å². The Kier molecular flexibility index (Phi) is 7.59. The molecule has 2 aromatic heterocycles. The Bertz CT molecular complexity index is 3770. The second kappa shape index (κ2) is 13.4. The van der Waals surface area contributed by atoms with Gasteiger partial charge in [-0.05, 0) is 6.07 Å². The molecule has 0 aliphatic rings. The van der Waals surface area contributed by atoms with Crippen molar-refractivity contribution in [2.45, 2.75) is 0 Å². The molecular formula is C58H34SSe. The van der Waals surface area contributed by atoms with Crippen molar-refractivity contribution in [3.8, 4) is 44.5 Å². The molecule has 0 aliphatic carbocycles. The van der Waals surface area contributed by atoms with Gasteiger partial charge in [0, 0.05) is 0 Å². The summed E-state index contributed by atoms with van der Waals surface area (Å²) >= 11 is 2.09. The molecule has 13 rings (SSSR count). The average Bonchev–Trinajstić information content (AvgIpc) is 3.88. The van der Waals surface area contributed by atoms with Crippen molar-refractivity contribution in [2.24, 2.45) is 0 Å². The van der Waals surface area contributed by atoms with Crippen LogP contribution in [0, 0.1) is 0 Å². The molecule has 13 aromatic rings. The fourth-order valence-electron chi connectivity index (χ4n) is 10.2. The maximum absolute atomic E-state index is 2.52. The van der Waals surface area contributed by atoms with Crippen LogP contribution in [0.5, 0.6) is 0 Å². The van der Waals surface area contributed by atoms with Gasteiger partial charge >= 0.3 is 335 Å². The molecule has 0 spiro atoms. The van der Waals surface area contributed by atoms with Crippen LogP contribution in [0.4, 0.5) is 0 Å². The zero-order chi connectivity index (χ0) is 39.3. The van der Waals surface area contributed by atoms with Crippen LogP contribution in [0.2, 0.25) is 0 Å². The van der Waals surface area contributed by atoms with Crippen LogP contribution >= 0.6 is 11.3 Å². The number of benzene rings is 11. The first kappa shape index (κ1) is 34.1. The van der Waals surface area contributed by atoms with Crippen LogP contribution in [0.15, 0.2) is 206 Å². The molecule has 11 aromatic carbocycles. The Morgan fingerprint density at radius 2 is 0.733 bits per heavy atom. The van der Waals surface area contributed by atoms with Crippen LogP contribution in [0.25, 0.3) is 127 Å². The van der Waals surface area contributed by atoms with Gasteiger partial charge in [0.1, 0.15) is 0 Å². The number of fused-ring (bicyclic) bond motifs is 10. The molecule has 0 radical (unpaired) electrons. The van der Waals surface area contributed by atoms with Gasteiger partial charge in [-0.3, -0.25) is 0 Å². The summed E-state index contributed by atoms with van der Waals surface area (Å²) in [5, 5.41) is 15.7. The second-order valence-electron chi connectivity index (χ2n) is 15.8. The van der Waals surface area contributed by atoms with Crippen molar-refractivity contribution in [1.82, 2.24) is 0 Å². The zero-order valence-electron chi connectivity index (χ0n) is 32.4. The van der Waals surface area contributed by atoms with Gasteiger partial charge in [0.2, 0.25) is 0 Å². The predicted molar refractivity (Wildman–Crippen MR) is 263 cm³/mol. The average molecular weight is 842 g/mol. The molecule has 0 unspecified atom stereocenters. The zero-order valence-corrected chi connectivity index (χ0v) is 35.0. The minimum atomic E-state index is 0.200. The fourth-order valence-corrected chi connectivity index (χ4v) is 13.6. The maximum atomic E-state index is 2.52. The monoisotopic (exact) mass is 842 g/mol. The molecule has 0 atom stereocenters. The Labute approximate surface area is 357 Å². The predicted octanol–water partition coefficient (Wildman–Crippen LogP) is 16.7. The molecule has 0 amide bonds. The minimum absolute atomic E-state index is 0.200. The van der Waals surface area contributed by atoms with Crippen LogP contribution in [-0.2, 0) is 0 Å². The third-order valence-electron chi connectivity index (χ3n) is 12.6. The first-order valence-electron chi connectivity index (χ1n) is 20.6. The molecule has 2 heteroatoms. The van der Waals surface area contributed by atoms with E-state index in [1.807, 2.05) is 11.3 Å². The van der Waals surface area contributed by atoms with Gasteiger partial charge in [0.25, 0.3) is 0 Å². The molecule has 2 heterocycles. The quantitative estimate of drug-likeness (QED) is 0.122. The molecule has 0 nitrogen and oxygen atoms in total. The summed E-state index contributed by atoms with van der Waals surface area (Å²) in [7, 11) is 0. The summed E-state index contributed by atoms with van der Waals surface area (Å²) in [6.07, 6.45) is 0. The Morgan fingerprint density at radius 3 is 1.33 bits per heavy atom. The van der Waals surface area contributed by atoms with Crippen molar-refractivity contribution in [2.75, 3.05) is 0 Å². The number of hydrogen-bond acceptors (Lipinski definition) is 1. The second-order valence-corrected chi connectivity index (χ2v) is 19.2. The molecule has 0 fully saturated rings. The Balaban J connectivity index is 1.08. The van der Waals surface area contributed by atoms with E-state index in [-0.39, 0.29) is 14.5 Å². The molecule has 0 aliphatic heterocycles. The van der Waals surface area contributed by atoms with E-state index in [4.69, 9.17) is 0 Å². The SMILES string of the molecule is c1ccc(-c2c3ccccc3c(-c3ccc4[se]c5cccc(-c6c7ccccc7c(-c7ccc8c(c7)sc7ccccc78)c7ccccc67)c5c4c3)c3ccccc23)cc1. The summed E-state index contributed by atoms with van der Waals surface area (Å²) < 4.78 is 5.57. The van der Waals surface area contributed by atoms with Gasteiger partial charge in [-0.2, -0.15) is 0 Å². The molecule has 0 N–H and O–H groups in total. The first-order chi connectivity index (χ1) is 29.8. The van der Waals surface area contributed by atoms with Gasteiger partial charge in [0.05, 0.1) is 0 Å². The van der Waals surface area contributed by atoms with Crippen molar-refractivity contribution in [3.63, 3.8) is 0 Å². The normalized spacial score (nSPS) is 12.0. The topological polar surface area (TPSA) is 0 Å². The first-order valence-corrected chi connectivity index (χ1v) is 23.1. The van der Waals surface area contributed by atoms with Gasteiger partial charge in [-0.1, -0.05) is 18.2 Å². The van der Waals surface area contributed by atoms with E-state index in [0.29, 0.717) is 0 Å². The third-order valence-corrected chi connectivity index (χ3v) is 16.2. The van der Waals surface area contributed by atoms with Crippen LogP contribution in [0.3, 0.4) is 0 Å². The van der Waals surface area contributed by atoms with Gasteiger partial charge < -0.3 is 0 Å². The van der Waals surface area contributed by atoms with E-state index in [1.165, 1.54) is 127 Å². The van der Waals surface area contributed by atoms with E-state index in [1.54, 1.807) is 0 Å². The third kappa shape index (κ3) is 5.03. The van der Waals surface area contributed by atoms with Crippen molar-refractivity contribution < 1.29 is 0 Å². The van der Waals surface area contributed by atoms with E-state index < -0.39 is 0 Å². The van der Waals surface area contributed by atoms with E-state index in [2.05, 4.69) is 206 Å². The van der Waals surface area contributed by atoms with Crippen molar-refractivity contribution in [3.05, 3.63) is 206 Å². The van der Waals surface area contributed by atoms with Crippen LogP contribution in [0.1, 0.15) is 0 Å². The summed E-state index contributed by atoms with van der Waals surface area (Å²) in [5.74, 6) is 0. The summed E-state index contributed by atoms with van der Waals surface area (Å²) in [6.45, 7) is 0. The molecular weight excluding hydrogens is 808 g/mol. The fraction of sp³-hybridized carbons (Fsp3) is 0. The van der Waals surface area contributed by atoms with Crippen molar-refractivity contribution in [1.29, 1.82) is 0 Å². The molecule has 0 saturated heterocycles. The number of hydrogen-bond donors (Lipinski definition) is 0. The molecule has 0 saturated carbocycles. The molecule has 278 valence electrons. The summed E-state index contributed by atoms with van der Waals surface area (Å²) in [4.78, 5) is 0.